The summed E-state index contributed by atoms with van der Waals surface area (Å²) < 4.78 is 5.69. The van der Waals surface area contributed by atoms with E-state index in [1.165, 1.54) is 18.4 Å². The third-order valence-corrected chi connectivity index (χ3v) is 3.63. The van der Waals surface area contributed by atoms with Crippen molar-refractivity contribution < 1.29 is 4.74 Å². The van der Waals surface area contributed by atoms with Gasteiger partial charge in [0.15, 0.2) is 0 Å². The Bertz CT molecular complexity index is 344. The molecule has 2 N–H and O–H groups in total. The first-order chi connectivity index (χ1) is 8.78. The lowest BCUT2D eigenvalue weighted by Crippen LogP contribution is -2.33. The van der Waals surface area contributed by atoms with Crippen LogP contribution >= 0.6 is 0 Å². The minimum atomic E-state index is 0.455. The molecule has 0 spiro atoms. The second-order valence-electron chi connectivity index (χ2n) is 5.02. The molecule has 3 nitrogen and oxygen atoms in total. The normalized spacial score (nSPS) is 19.6. The van der Waals surface area contributed by atoms with Crippen LogP contribution in [0.2, 0.25) is 0 Å². The Morgan fingerprint density at radius 2 is 2.11 bits per heavy atom. The number of ether oxygens (including phenoxy) is 1. The minimum absolute atomic E-state index is 0.455. The number of benzene rings is 1. The van der Waals surface area contributed by atoms with Gasteiger partial charge in [0, 0.05) is 25.4 Å². The summed E-state index contributed by atoms with van der Waals surface area (Å²) in [5, 5.41) is 0. The summed E-state index contributed by atoms with van der Waals surface area (Å²) in [6.07, 6.45) is 3.98. The maximum absolute atomic E-state index is 5.69. The third-order valence-electron chi connectivity index (χ3n) is 3.63. The van der Waals surface area contributed by atoms with Gasteiger partial charge in [-0.2, -0.15) is 0 Å². The van der Waals surface area contributed by atoms with Gasteiger partial charge in [0.05, 0.1) is 6.10 Å². The Morgan fingerprint density at radius 3 is 2.72 bits per heavy atom. The van der Waals surface area contributed by atoms with E-state index in [-0.39, 0.29) is 0 Å². The average molecular weight is 248 g/mol. The van der Waals surface area contributed by atoms with Gasteiger partial charge < -0.3 is 15.4 Å². The molecule has 1 saturated heterocycles. The molecule has 0 aliphatic carbocycles. The molecule has 3 heteroatoms. The molecule has 0 aromatic heterocycles. The molecule has 0 saturated carbocycles. The summed E-state index contributed by atoms with van der Waals surface area (Å²) in [5.41, 5.74) is 7.89. The fraction of sp³-hybridized carbons (Fsp3) is 0.600. The van der Waals surface area contributed by atoms with Crippen molar-refractivity contribution in [3.05, 3.63) is 29.8 Å². The van der Waals surface area contributed by atoms with E-state index in [0.29, 0.717) is 6.10 Å². The number of rotatable bonds is 6. The van der Waals surface area contributed by atoms with Crippen LogP contribution in [0.15, 0.2) is 24.3 Å². The molecule has 1 fully saturated rings. The molecule has 1 aromatic carbocycles. The molecule has 1 heterocycles. The molecular weight excluding hydrogens is 224 g/mol. The van der Waals surface area contributed by atoms with Gasteiger partial charge in [0.2, 0.25) is 0 Å². The fourth-order valence-corrected chi connectivity index (χ4v) is 2.43. The first kappa shape index (κ1) is 13.4. The van der Waals surface area contributed by atoms with Gasteiger partial charge in [-0.25, -0.2) is 0 Å². The average Bonchev–Trinajstić information content (AvgIpc) is 2.89. The molecule has 1 aliphatic rings. The smallest absolute Gasteiger partial charge is 0.0702 e. The first-order valence-corrected chi connectivity index (χ1v) is 6.96. The summed E-state index contributed by atoms with van der Waals surface area (Å²) >= 11 is 0. The molecule has 18 heavy (non-hydrogen) atoms. The van der Waals surface area contributed by atoms with E-state index < -0.39 is 0 Å². The van der Waals surface area contributed by atoms with Crippen molar-refractivity contribution in [1.82, 2.24) is 4.90 Å². The predicted molar refractivity (Wildman–Crippen MR) is 75.6 cm³/mol. The summed E-state index contributed by atoms with van der Waals surface area (Å²) in [6.45, 7) is 6.43. The van der Waals surface area contributed by atoms with Crippen LogP contribution in [0.3, 0.4) is 0 Å². The third kappa shape index (κ3) is 4.00. The molecule has 0 bridgehead atoms. The van der Waals surface area contributed by atoms with Gasteiger partial charge in [0.25, 0.3) is 0 Å². The van der Waals surface area contributed by atoms with Gasteiger partial charge >= 0.3 is 0 Å². The quantitative estimate of drug-likeness (QED) is 0.785. The van der Waals surface area contributed by atoms with Crippen LogP contribution in [0.5, 0.6) is 0 Å². The number of hydrogen-bond donors (Lipinski definition) is 1. The molecule has 100 valence electrons. The Labute approximate surface area is 110 Å². The van der Waals surface area contributed by atoms with E-state index in [2.05, 4.69) is 24.0 Å². The van der Waals surface area contributed by atoms with Crippen LogP contribution in [0.1, 0.15) is 25.3 Å². The Kier molecular flexibility index (Phi) is 5.02. The summed E-state index contributed by atoms with van der Waals surface area (Å²) in [4.78, 5) is 2.48. The van der Waals surface area contributed by atoms with E-state index in [4.69, 9.17) is 10.5 Å². The standard InChI is InChI=1S/C15H24N2O/c1-2-17(12-15-4-3-11-18-15)10-9-13-5-7-14(16)8-6-13/h5-8,15H,2-4,9-12,16H2,1H3. The maximum Gasteiger partial charge on any atom is 0.0702 e. The lowest BCUT2D eigenvalue weighted by atomic mass is 10.1. The summed E-state index contributed by atoms with van der Waals surface area (Å²) in [6, 6.07) is 8.20. The number of hydrogen-bond acceptors (Lipinski definition) is 3. The van der Waals surface area contributed by atoms with Gasteiger partial charge in [-0.15, -0.1) is 0 Å². The molecule has 0 radical (unpaired) electrons. The van der Waals surface area contributed by atoms with Crippen LogP contribution in [-0.2, 0) is 11.2 Å². The fourth-order valence-electron chi connectivity index (χ4n) is 2.43. The molecular formula is C15H24N2O. The van der Waals surface area contributed by atoms with Crippen molar-refractivity contribution in [2.24, 2.45) is 0 Å². The van der Waals surface area contributed by atoms with E-state index in [1.54, 1.807) is 0 Å². The van der Waals surface area contributed by atoms with Gasteiger partial charge in [0.1, 0.15) is 0 Å². The van der Waals surface area contributed by atoms with Crippen LogP contribution in [0, 0.1) is 0 Å². The zero-order valence-electron chi connectivity index (χ0n) is 11.3. The molecule has 1 unspecified atom stereocenters. The Balaban J connectivity index is 1.77. The predicted octanol–water partition coefficient (Wildman–Crippen LogP) is 2.31. The summed E-state index contributed by atoms with van der Waals surface area (Å²) in [7, 11) is 0. The highest BCUT2D eigenvalue weighted by atomic mass is 16.5. The van der Waals surface area contributed by atoms with Crippen molar-refractivity contribution >= 4 is 5.69 Å². The summed E-state index contributed by atoms with van der Waals surface area (Å²) in [5.74, 6) is 0. The van der Waals surface area contributed by atoms with Crippen molar-refractivity contribution in [3.8, 4) is 0 Å². The van der Waals surface area contributed by atoms with Crippen LogP contribution in [-0.4, -0.2) is 37.2 Å². The molecule has 0 amide bonds. The van der Waals surface area contributed by atoms with Crippen LogP contribution < -0.4 is 5.73 Å². The monoisotopic (exact) mass is 248 g/mol. The Hall–Kier alpha value is -1.06. The minimum Gasteiger partial charge on any atom is -0.399 e. The number of nitrogens with zero attached hydrogens (tertiary/aromatic N) is 1. The van der Waals surface area contributed by atoms with E-state index in [1.807, 2.05) is 12.1 Å². The largest absolute Gasteiger partial charge is 0.399 e. The van der Waals surface area contributed by atoms with Gasteiger partial charge in [-0.3, -0.25) is 0 Å². The topological polar surface area (TPSA) is 38.5 Å². The highest BCUT2D eigenvalue weighted by Crippen LogP contribution is 2.14. The SMILES string of the molecule is CCN(CCc1ccc(N)cc1)CC1CCCO1. The van der Waals surface area contributed by atoms with Crippen molar-refractivity contribution in [2.75, 3.05) is 32.0 Å². The Morgan fingerprint density at radius 1 is 1.33 bits per heavy atom. The van der Waals surface area contributed by atoms with Crippen LogP contribution in [0.4, 0.5) is 5.69 Å². The van der Waals surface area contributed by atoms with E-state index >= 15 is 0 Å². The molecule has 1 aromatic rings. The second kappa shape index (κ2) is 6.76. The first-order valence-electron chi connectivity index (χ1n) is 6.96. The molecule has 2 rings (SSSR count). The van der Waals surface area contributed by atoms with E-state index in [0.717, 1.165) is 38.3 Å². The zero-order chi connectivity index (χ0) is 12.8. The lowest BCUT2D eigenvalue weighted by Gasteiger charge is -2.23. The van der Waals surface area contributed by atoms with Crippen molar-refractivity contribution in [2.45, 2.75) is 32.3 Å². The number of nitrogens with two attached hydrogens (primary N) is 1. The lowest BCUT2D eigenvalue weighted by molar-refractivity contribution is 0.0752. The zero-order valence-corrected chi connectivity index (χ0v) is 11.3. The van der Waals surface area contributed by atoms with Crippen LogP contribution in [0.25, 0.3) is 0 Å². The number of likely N-dealkylation sites (N-methyl/N-ethyl adjacent to an activating group) is 1. The highest BCUT2D eigenvalue weighted by Gasteiger charge is 2.18. The van der Waals surface area contributed by atoms with Crippen molar-refractivity contribution in [1.29, 1.82) is 0 Å². The van der Waals surface area contributed by atoms with E-state index in [9.17, 15) is 0 Å². The molecule has 1 atom stereocenters. The van der Waals surface area contributed by atoms with Gasteiger partial charge in [-0.05, 0) is 43.5 Å². The number of nitrogen functional groups attached to an aromatic ring is 1. The molecule has 1 aliphatic heterocycles. The highest BCUT2D eigenvalue weighted by molar-refractivity contribution is 5.39. The second-order valence-corrected chi connectivity index (χ2v) is 5.02. The van der Waals surface area contributed by atoms with Gasteiger partial charge in [-0.1, -0.05) is 19.1 Å². The number of anilines is 1. The maximum atomic E-state index is 5.69. The van der Waals surface area contributed by atoms with Crippen molar-refractivity contribution in [3.63, 3.8) is 0 Å².